The number of halogens is 1. The van der Waals surface area contributed by atoms with Gasteiger partial charge in [0.25, 0.3) is 0 Å². The second-order valence-electron chi connectivity index (χ2n) is 8.90. The van der Waals surface area contributed by atoms with Crippen LogP contribution in [-0.4, -0.2) is 10.1 Å². The number of furan rings is 1. The van der Waals surface area contributed by atoms with E-state index < -0.39 is 0 Å². The molecule has 6 heteroatoms. The van der Waals surface area contributed by atoms with Gasteiger partial charge < -0.3 is 14.6 Å². The molecule has 1 N–H and O–H groups in total. The summed E-state index contributed by atoms with van der Waals surface area (Å²) in [6, 6.07) is 24.0. The van der Waals surface area contributed by atoms with Crippen LogP contribution in [0.1, 0.15) is 54.4 Å². The number of hydrogen-bond acceptors (Lipinski definition) is 3. The zero-order chi connectivity index (χ0) is 23.8. The van der Waals surface area contributed by atoms with Crippen molar-refractivity contribution in [2.45, 2.75) is 38.8 Å². The molecule has 2 unspecified atom stereocenters. The van der Waals surface area contributed by atoms with Crippen molar-refractivity contribution in [2.24, 2.45) is 0 Å². The first-order chi connectivity index (χ1) is 16.4. The lowest BCUT2D eigenvalue weighted by Gasteiger charge is -2.26. The molecule has 3 heterocycles. The van der Waals surface area contributed by atoms with Crippen LogP contribution in [0.4, 0.5) is 5.69 Å². The molecule has 4 aromatic rings. The number of aromatic nitrogens is 1. The van der Waals surface area contributed by atoms with Crippen molar-refractivity contribution in [1.82, 2.24) is 10.3 Å². The molecule has 1 aliphatic rings. The monoisotopic (exact) mass is 487 g/mol. The molecule has 2 aromatic carbocycles. The zero-order valence-electron chi connectivity index (χ0n) is 19.3. The van der Waals surface area contributed by atoms with Crippen molar-refractivity contribution >= 4 is 34.6 Å². The molecule has 1 aliphatic heterocycles. The van der Waals surface area contributed by atoms with Crippen molar-refractivity contribution in [1.29, 1.82) is 0 Å². The van der Waals surface area contributed by atoms with Crippen LogP contribution in [0.5, 0.6) is 0 Å². The summed E-state index contributed by atoms with van der Waals surface area (Å²) in [4.78, 5) is 6.75. The van der Waals surface area contributed by atoms with Crippen molar-refractivity contribution in [3.8, 4) is 11.3 Å². The van der Waals surface area contributed by atoms with Crippen LogP contribution in [0.2, 0.25) is 5.02 Å². The Hall–Kier alpha value is -3.15. The molecular weight excluding hydrogens is 462 g/mol. The molecular formula is C28H26ClN3OS. The van der Waals surface area contributed by atoms with Gasteiger partial charge >= 0.3 is 0 Å². The second-order valence-corrected chi connectivity index (χ2v) is 9.73. The highest BCUT2D eigenvalue weighted by Crippen LogP contribution is 2.43. The fraction of sp³-hybridized carbons (Fsp3) is 0.214. The fourth-order valence-electron chi connectivity index (χ4n) is 4.46. The van der Waals surface area contributed by atoms with Gasteiger partial charge in [0, 0.05) is 22.5 Å². The molecule has 2 atom stereocenters. The quantitative estimate of drug-likeness (QED) is 0.293. The van der Waals surface area contributed by atoms with Crippen LogP contribution in [0.3, 0.4) is 0 Å². The summed E-state index contributed by atoms with van der Waals surface area (Å²) in [6.45, 7) is 6.44. The van der Waals surface area contributed by atoms with Crippen LogP contribution in [0.25, 0.3) is 11.3 Å². The fourth-order valence-corrected chi connectivity index (χ4v) is 4.98. The van der Waals surface area contributed by atoms with Gasteiger partial charge in [-0.3, -0.25) is 4.98 Å². The van der Waals surface area contributed by atoms with E-state index in [1.807, 2.05) is 48.5 Å². The molecule has 0 saturated carbocycles. The summed E-state index contributed by atoms with van der Waals surface area (Å²) in [6.07, 6.45) is 1.81. The first kappa shape index (κ1) is 22.6. The number of thiocarbonyl (C=S) groups is 1. The second kappa shape index (κ2) is 9.24. The summed E-state index contributed by atoms with van der Waals surface area (Å²) >= 11 is 12.1. The lowest BCUT2D eigenvalue weighted by Crippen LogP contribution is -2.29. The third-order valence-corrected chi connectivity index (χ3v) is 6.87. The normalized spacial score (nSPS) is 17.9. The largest absolute Gasteiger partial charge is 0.459 e. The van der Waals surface area contributed by atoms with Crippen molar-refractivity contribution in [3.63, 3.8) is 0 Å². The summed E-state index contributed by atoms with van der Waals surface area (Å²) in [5.74, 6) is 2.05. The first-order valence-electron chi connectivity index (χ1n) is 11.4. The molecule has 0 aliphatic carbocycles. The van der Waals surface area contributed by atoms with E-state index in [2.05, 4.69) is 60.2 Å². The maximum Gasteiger partial charge on any atom is 0.174 e. The van der Waals surface area contributed by atoms with Gasteiger partial charge in [0.2, 0.25) is 0 Å². The number of nitrogens with zero attached hydrogens (tertiary/aromatic N) is 2. The van der Waals surface area contributed by atoms with Crippen LogP contribution < -0.4 is 10.2 Å². The SMILES string of the molecule is Cc1ccc(Cl)cc1-c1ccc(C2C(c3ccccn3)NC(=S)N2c2ccc(C(C)C)cc2)o1. The highest BCUT2D eigenvalue weighted by Gasteiger charge is 2.42. The van der Waals surface area contributed by atoms with E-state index in [0.717, 1.165) is 34.0 Å². The maximum atomic E-state index is 6.48. The number of hydrogen-bond donors (Lipinski definition) is 1. The van der Waals surface area contributed by atoms with E-state index in [0.29, 0.717) is 16.1 Å². The number of aryl methyl sites for hydroxylation is 1. The van der Waals surface area contributed by atoms with Gasteiger partial charge in [0.15, 0.2) is 5.11 Å². The third-order valence-electron chi connectivity index (χ3n) is 6.32. The summed E-state index contributed by atoms with van der Waals surface area (Å²) < 4.78 is 6.48. The van der Waals surface area contributed by atoms with Crippen molar-refractivity contribution in [3.05, 3.63) is 107 Å². The average Bonchev–Trinajstić information content (AvgIpc) is 3.46. The Kier molecular flexibility index (Phi) is 6.15. The molecule has 0 bridgehead atoms. The Labute approximate surface area is 210 Å². The Balaban J connectivity index is 1.59. The lowest BCUT2D eigenvalue weighted by atomic mass is 10.0. The molecule has 2 aromatic heterocycles. The standard InChI is InChI=1S/C28H26ClN3OS/c1-17(2)19-8-11-21(12-9-19)32-27(26(31-28(32)34)23-6-4-5-15-30-23)25-14-13-24(33-25)22-16-20(29)10-7-18(22)3/h4-17,26-27H,1-3H3,(H,31,34). The summed E-state index contributed by atoms with van der Waals surface area (Å²) in [7, 11) is 0. The Morgan fingerprint density at radius 3 is 2.53 bits per heavy atom. The number of nitrogens with one attached hydrogen (secondary N) is 1. The minimum atomic E-state index is -0.194. The Bertz CT molecular complexity index is 1320. The van der Waals surface area contributed by atoms with Gasteiger partial charge in [-0.2, -0.15) is 0 Å². The van der Waals surface area contributed by atoms with E-state index in [1.165, 1.54) is 5.56 Å². The average molecular weight is 488 g/mol. The number of rotatable bonds is 5. The van der Waals surface area contributed by atoms with E-state index >= 15 is 0 Å². The highest BCUT2D eigenvalue weighted by atomic mass is 35.5. The van der Waals surface area contributed by atoms with E-state index in [-0.39, 0.29) is 12.1 Å². The predicted molar refractivity (Wildman–Crippen MR) is 142 cm³/mol. The molecule has 0 radical (unpaired) electrons. The minimum Gasteiger partial charge on any atom is -0.459 e. The third kappa shape index (κ3) is 4.22. The molecule has 0 amide bonds. The maximum absolute atomic E-state index is 6.48. The topological polar surface area (TPSA) is 41.3 Å². The lowest BCUT2D eigenvalue weighted by molar-refractivity contribution is 0.439. The zero-order valence-corrected chi connectivity index (χ0v) is 20.9. The van der Waals surface area contributed by atoms with Gasteiger partial charge in [-0.25, -0.2) is 0 Å². The molecule has 1 fully saturated rings. The number of benzene rings is 2. The van der Waals surface area contributed by atoms with Crippen LogP contribution in [0, 0.1) is 6.92 Å². The van der Waals surface area contributed by atoms with E-state index in [4.69, 9.17) is 28.2 Å². The van der Waals surface area contributed by atoms with Crippen molar-refractivity contribution < 1.29 is 4.42 Å². The smallest absolute Gasteiger partial charge is 0.174 e. The van der Waals surface area contributed by atoms with Gasteiger partial charge in [-0.1, -0.05) is 49.7 Å². The Morgan fingerprint density at radius 2 is 1.82 bits per heavy atom. The van der Waals surface area contributed by atoms with Gasteiger partial charge in [0.05, 0.1) is 11.7 Å². The molecule has 172 valence electrons. The molecule has 1 saturated heterocycles. The van der Waals surface area contributed by atoms with Gasteiger partial charge in [-0.15, -0.1) is 0 Å². The van der Waals surface area contributed by atoms with E-state index in [1.54, 1.807) is 6.20 Å². The van der Waals surface area contributed by atoms with E-state index in [9.17, 15) is 0 Å². The number of anilines is 1. The summed E-state index contributed by atoms with van der Waals surface area (Å²) in [5, 5.41) is 4.82. The van der Waals surface area contributed by atoms with Crippen LogP contribution in [-0.2, 0) is 0 Å². The molecule has 4 nitrogen and oxygen atoms in total. The predicted octanol–water partition coefficient (Wildman–Crippen LogP) is 7.60. The molecule has 5 rings (SSSR count). The van der Waals surface area contributed by atoms with Crippen molar-refractivity contribution in [2.75, 3.05) is 4.90 Å². The number of pyridine rings is 1. The Morgan fingerprint density at radius 1 is 1.03 bits per heavy atom. The molecule has 0 spiro atoms. The van der Waals surface area contributed by atoms with Gasteiger partial charge in [-0.05, 0) is 84.7 Å². The van der Waals surface area contributed by atoms with Crippen LogP contribution in [0.15, 0.2) is 83.4 Å². The van der Waals surface area contributed by atoms with Crippen LogP contribution >= 0.6 is 23.8 Å². The first-order valence-corrected chi connectivity index (χ1v) is 12.2. The molecule has 34 heavy (non-hydrogen) atoms. The minimum absolute atomic E-state index is 0.155. The van der Waals surface area contributed by atoms with Gasteiger partial charge in [0.1, 0.15) is 17.6 Å². The summed E-state index contributed by atoms with van der Waals surface area (Å²) in [5.41, 5.74) is 5.30. The highest BCUT2D eigenvalue weighted by molar-refractivity contribution is 7.80.